The largest absolute Gasteiger partial charge is 1.00 e. The molecule has 0 spiro atoms. The van der Waals surface area contributed by atoms with Gasteiger partial charge in [0, 0.05) is 1.43 Å². The Morgan fingerprint density at radius 1 is 0.875 bits per heavy atom. The van der Waals surface area contributed by atoms with E-state index in [0.29, 0.717) is 0 Å². The predicted octanol–water partition coefficient (Wildman–Crippen LogP) is -14.0. The Balaban J connectivity index is -0.0000000193. The van der Waals surface area contributed by atoms with Crippen LogP contribution in [0.5, 0.6) is 0 Å². The predicted molar refractivity (Wildman–Crippen MR) is 37.6 cm³/mol. The van der Waals surface area contributed by atoms with Crippen LogP contribution in [0.2, 0.25) is 0 Å². The Morgan fingerprint density at radius 2 is 1.00 bits per heavy atom. The zero-order chi connectivity index (χ0) is 8.31. The summed E-state index contributed by atoms with van der Waals surface area (Å²) in [5.41, 5.74) is 0. The molecular formula is C4H13KNaO10. The zero-order valence-corrected chi connectivity index (χ0v) is 13.8. The van der Waals surface area contributed by atoms with Crippen molar-refractivity contribution in [2.75, 3.05) is 0 Å². The second-order valence-corrected chi connectivity index (χ2v) is 1.53. The molecule has 16 heavy (non-hydrogen) atoms. The first kappa shape index (κ1) is 43.3. The molecule has 0 fully saturated rings. The van der Waals surface area contributed by atoms with Crippen molar-refractivity contribution in [3.05, 3.63) is 0 Å². The van der Waals surface area contributed by atoms with Crippen LogP contribution >= 0.6 is 0 Å². The molecule has 0 aromatic carbocycles. The molecule has 91 valence electrons. The van der Waals surface area contributed by atoms with E-state index < -0.39 is 24.1 Å². The average Bonchev–Trinajstić information content (AvgIpc) is 1.84. The number of aliphatic carboxylic acids is 2. The number of hydrogen-bond donors (Lipinski definition) is 2. The maximum absolute atomic E-state index is 9.63. The van der Waals surface area contributed by atoms with Crippen LogP contribution in [0.25, 0.3) is 0 Å². The van der Waals surface area contributed by atoms with Gasteiger partial charge in [0.05, 0.1) is 11.9 Å². The summed E-state index contributed by atoms with van der Waals surface area (Å²) in [5, 5.41) is 35.7. The van der Waals surface area contributed by atoms with Gasteiger partial charge in [-0.3, -0.25) is 0 Å². The van der Waals surface area contributed by atoms with E-state index in [9.17, 15) is 19.8 Å². The molecule has 10 N–H and O–H groups in total. The van der Waals surface area contributed by atoms with Crippen molar-refractivity contribution in [1.29, 1.82) is 0 Å². The number of carbonyl (C=O) groups excluding carboxylic acids is 2. The van der Waals surface area contributed by atoms with Gasteiger partial charge in [0.25, 0.3) is 0 Å². The fraction of sp³-hybridized carbons (Fsp3) is 0.500. The van der Waals surface area contributed by atoms with Gasteiger partial charge in [0.1, 0.15) is 12.2 Å². The Morgan fingerprint density at radius 3 is 1.06 bits per heavy atom. The first-order chi connectivity index (χ1) is 4.46. The van der Waals surface area contributed by atoms with Gasteiger partial charge in [0.15, 0.2) is 0 Å². The second-order valence-electron chi connectivity index (χ2n) is 1.53. The fourth-order valence-electron chi connectivity index (χ4n) is 0.258. The van der Waals surface area contributed by atoms with Gasteiger partial charge in [-0.2, -0.15) is 0 Å². The van der Waals surface area contributed by atoms with Crippen LogP contribution in [-0.2, 0) is 9.59 Å². The van der Waals surface area contributed by atoms with Crippen LogP contribution in [0.4, 0.5) is 0 Å². The molecule has 10 nitrogen and oxygen atoms in total. The third-order valence-electron chi connectivity index (χ3n) is 0.782. The van der Waals surface area contributed by atoms with Crippen LogP contribution in [0, 0.1) is 0 Å². The maximum Gasteiger partial charge on any atom is 1.00 e. The van der Waals surface area contributed by atoms with Gasteiger partial charge in [-0.15, -0.1) is 0 Å². The monoisotopic (exact) mass is 283 g/mol. The molecule has 0 amide bonds. The SMILES string of the molecule is O.O.O.O.O=C([O-])C(O)C(O)C(=O)[O-].[H].[K+].[Na+]. The number of carbonyl (C=O) groups is 2. The maximum atomic E-state index is 9.63. The molecule has 0 aliphatic heterocycles. The quantitative estimate of drug-likeness (QED) is 0.475. The molecule has 0 bridgehead atoms. The van der Waals surface area contributed by atoms with E-state index in [1.54, 1.807) is 0 Å². The summed E-state index contributed by atoms with van der Waals surface area (Å²) in [6.45, 7) is 0. The van der Waals surface area contributed by atoms with Crippen LogP contribution in [0.3, 0.4) is 0 Å². The van der Waals surface area contributed by atoms with Crippen molar-refractivity contribution >= 4 is 11.9 Å². The summed E-state index contributed by atoms with van der Waals surface area (Å²) in [7, 11) is 0. The van der Waals surface area contributed by atoms with Crippen molar-refractivity contribution in [2.45, 2.75) is 12.2 Å². The number of carboxylic acids is 2. The molecular weight excluding hydrogens is 270 g/mol. The first-order valence-electron chi connectivity index (χ1n) is 2.24. The van der Waals surface area contributed by atoms with Crippen LogP contribution < -0.4 is 91.2 Å². The molecule has 0 saturated heterocycles. The fourth-order valence-corrected chi connectivity index (χ4v) is 0.258. The molecule has 1 radical (unpaired) electrons. The Hall–Kier alpha value is 1.34. The van der Waals surface area contributed by atoms with Gasteiger partial charge < -0.3 is 51.9 Å². The number of aliphatic hydroxyl groups is 2. The van der Waals surface area contributed by atoms with Gasteiger partial charge in [-0.25, -0.2) is 0 Å². The van der Waals surface area contributed by atoms with Crippen LogP contribution in [0.1, 0.15) is 1.43 Å². The van der Waals surface area contributed by atoms with E-state index in [2.05, 4.69) is 0 Å². The molecule has 0 saturated carbocycles. The van der Waals surface area contributed by atoms with Crippen LogP contribution in [0.15, 0.2) is 0 Å². The third kappa shape index (κ3) is 17.7. The summed E-state index contributed by atoms with van der Waals surface area (Å²) >= 11 is 0. The second kappa shape index (κ2) is 21.6. The van der Waals surface area contributed by atoms with Crippen molar-refractivity contribution in [2.24, 2.45) is 0 Å². The third-order valence-corrected chi connectivity index (χ3v) is 0.782. The van der Waals surface area contributed by atoms with Gasteiger partial charge in [-0.1, -0.05) is 0 Å². The summed E-state index contributed by atoms with van der Waals surface area (Å²) in [5.74, 6) is -4.12. The summed E-state index contributed by atoms with van der Waals surface area (Å²) in [4.78, 5) is 19.3. The van der Waals surface area contributed by atoms with E-state index in [0.717, 1.165) is 0 Å². The van der Waals surface area contributed by atoms with Crippen molar-refractivity contribution in [3.63, 3.8) is 0 Å². The van der Waals surface area contributed by atoms with E-state index >= 15 is 0 Å². The molecule has 2 atom stereocenters. The first-order valence-corrected chi connectivity index (χ1v) is 2.24. The van der Waals surface area contributed by atoms with E-state index in [1.807, 2.05) is 0 Å². The number of hydrogen-bond acceptors (Lipinski definition) is 6. The Labute approximate surface area is 156 Å². The van der Waals surface area contributed by atoms with Crippen molar-refractivity contribution in [3.8, 4) is 0 Å². The number of aliphatic hydroxyl groups excluding tert-OH is 2. The van der Waals surface area contributed by atoms with Crippen molar-refractivity contribution in [1.82, 2.24) is 0 Å². The summed E-state index contributed by atoms with van der Waals surface area (Å²) in [6.07, 6.45) is -4.88. The molecule has 0 aliphatic rings. The molecule has 2 unspecified atom stereocenters. The smallest absolute Gasteiger partial charge is 0.547 e. The number of rotatable bonds is 3. The minimum Gasteiger partial charge on any atom is -0.547 e. The van der Waals surface area contributed by atoms with Gasteiger partial charge in [0.2, 0.25) is 0 Å². The zero-order valence-electron chi connectivity index (χ0n) is 9.68. The van der Waals surface area contributed by atoms with E-state index in [1.165, 1.54) is 0 Å². The minimum absolute atomic E-state index is 0. The minimum atomic E-state index is -2.44. The number of carboxylic acid groups (broad SMARTS) is 2. The molecule has 0 heterocycles. The normalized spacial score (nSPS) is 9.88. The van der Waals surface area contributed by atoms with E-state index in [-0.39, 0.29) is 104 Å². The summed E-state index contributed by atoms with van der Waals surface area (Å²) < 4.78 is 0. The average molecular weight is 283 g/mol. The topological polar surface area (TPSA) is 247 Å². The van der Waals surface area contributed by atoms with Crippen molar-refractivity contribution < 1.29 is 134 Å². The molecule has 0 aliphatic carbocycles. The summed E-state index contributed by atoms with van der Waals surface area (Å²) in [6, 6.07) is 0. The van der Waals surface area contributed by atoms with Crippen LogP contribution in [-0.4, -0.2) is 56.3 Å². The molecule has 0 aromatic heterocycles. The standard InChI is InChI=1S/C4H6O6.K.Na.4H2O.H/c5-1(3(7)8)2(6)4(9)10;;;;;;;/h1-2,5-6H,(H,7,8)(H,9,10);;;4*1H2;/q;2*+1;;;;;/p-2. The Kier molecular flexibility index (Phi) is 58.5. The van der Waals surface area contributed by atoms with E-state index in [4.69, 9.17) is 10.2 Å². The van der Waals surface area contributed by atoms with Gasteiger partial charge >= 0.3 is 80.9 Å². The molecule has 12 heteroatoms. The molecule has 0 aromatic rings. The van der Waals surface area contributed by atoms with Gasteiger partial charge in [-0.05, 0) is 0 Å². The molecule has 0 rings (SSSR count). The Bertz CT molecular complexity index is 152.